The van der Waals surface area contributed by atoms with E-state index in [0.29, 0.717) is 18.1 Å². The van der Waals surface area contributed by atoms with Crippen molar-refractivity contribution in [2.75, 3.05) is 0 Å². The van der Waals surface area contributed by atoms with Crippen molar-refractivity contribution < 1.29 is 19.0 Å². The number of aryl methyl sites for hydroxylation is 1. The van der Waals surface area contributed by atoms with Crippen LogP contribution in [0.4, 0.5) is 0 Å². The molecule has 7 nitrogen and oxygen atoms in total. The van der Waals surface area contributed by atoms with Gasteiger partial charge in [0, 0.05) is 6.20 Å². The van der Waals surface area contributed by atoms with Crippen LogP contribution < -0.4 is 0 Å². The van der Waals surface area contributed by atoms with Crippen molar-refractivity contribution >= 4 is 5.97 Å². The van der Waals surface area contributed by atoms with Crippen LogP contribution in [0, 0.1) is 0 Å². The van der Waals surface area contributed by atoms with Gasteiger partial charge in [-0.1, -0.05) is 118 Å². The molecule has 2 heterocycles. The Bertz CT molecular complexity index is 1220. The quantitative estimate of drug-likeness (QED) is 0.138. The number of hydrogen-bond donors (Lipinski definition) is 0. The van der Waals surface area contributed by atoms with Crippen LogP contribution in [0.2, 0.25) is 0 Å². The standard InChI is InChI=1S/C32H39N3O4/c1-2-3-4-5-6-7-8-15-20-28-23-35(34-33-28)22-21-29-30(37-24-26-16-11-9-12-17-26)31(32(36)39-29)38-25-27-18-13-10-14-19-27/h9-14,16-19,21,23H,2-8,15,20,22,24-25H2,1H3/b29-21-. The molecule has 3 aromatic rings. The van der Waals surface area contributed by atoms with E-state index >= 15 is 0 Å². The molecule has 0 radical (unpaired) electrons. The maximum atomic E-state index is 12.7. The Hall–Kier alpha value is -3.87. The molecule has 1 aliphatic rings. The van der Waals surface area contributed by atoms with Crippen molar-refractivity contribution in [1.29, 1.82) is 0 Å². The topological polar surface area (TPSA) is 75.5 Å². The lowest BCUT2D eigenvalue weighted by Crippen LogP contribution is -2.04. The monoisotopic (exact) mass is 529 g/mol. The second-order valence-electron chi connectivity index (χ2n) is 9.82. The Kier molecular flexibility index (Phi) is 11.2. The zero-order valence-electron chi connectivity index (χ0n) is 22.9. The van der Waals surface area contributed by atoms with E-state index in [2.05, 4.69) is 17.2 Å². The van der Waals surface area contributed by atoms with Crippen LogP contribution in [0.3, 0.4) is 0 Å². The SMILES string of the molecule is CCCCCCCCCCc1cn(C/C=C2\OC(=O)C(OCc3ccccc3)=C2OCc2ccccc2)nn1. The first kappa shape index (κ1) is 28.1. The summed E-state index contributed by atoms with van der Waals surface area (Å²) in [4.78, 5) is 12.7. The number of unbranched alkanes of at least 4 members (excludes halogenated alkanes) is 7. The lowest BCUT2D eigenvalue weighted by molar-refractivity contribution is -0.136. The van der Waals surface area contributed by atoms with Gasteiger partial charge < -0.3 is 14.2 Å². The molecule has 7 heteroatoms. The molecule has 0 bridgehead atoms. The maximum Gasteiger partial charge on any atom is 0.383 e. The highest BCUT2D eigenvalue weighted by Gasteiger charge is 2.34. The summed E-state index contributed by atoms with van der Waals surface area (Å²) in [7, 11) is 0. The molecule has 2 aromatic carbocycles. The molecule has 0 fully saturated rings. The fourth-order valence-corrected chi connectivity index (χ4v) is 4.41. The number of hydrogen-bond acceptors (Lipinski definition) is 6. The van der Waals surface area contributed by atoms with Crippen molar-refractivity contribution in [2.45, 2.75) is 84.5 Å². The highest BCUT2D eigenvalue weighted by atomic mass is 16.6. The number of carbonyl (C=O) groups excluding carboxylic acids is 1. The summed E-state index contributed by atoms with van der Waals surface area (Å²) in [6, 6.07) is 19.5. The lowest BCUT2D eigenvalue weighted by atomic mass is 10.1. The van der Waals surface area contributed by atoms with E-state index in [-0.39, 0.29) is 19.0 Å². The fourth-order valence-electron chi connectivity index (χ4n) is 4.41. The van der Waals surface area contributed by atoms with E-state index in [1.807, 2.05) is 66.9 Å². The molecule has 0 saturated carbocycles. The van der Waals surface area contributed by atoms with Crippen molar-refractivity contribution in [2.24, 2.45) is 0 Å². The van der Waals surface area contributed by atoms with Gasteiger partial charge in [0.25, 0.3) is 5.76 Å². The van der Waals surface area contributed by atoms with Crippen molar-refractivity contribution in [1.82, 2.24) is 15.0 Å². The molecule has 0 saturated heterocycles. The van der Waals surface area contributed by atoms with Crippen LogP contribution in [-0.2, 0) is 45.2 Å². The van der Waals surface area contributed by atoms with Gasteiger partial charge >= 0.3 is 5.97 Å². The molecule has 0 N–H and O–H groups in total. The van der Waals surface area contributed by atoms with Crippen molar-refractivity contribution in [3.63, 3.8) is 0 Å². The van der Waals surface area contributed by atoms with Gasteiger partial charge in [-0.25, -0.2) is 9.48 Å². The van der Waals surface area contributed by atoms with Gasteiger partial charge in [0.1, 0.15) is 13.2 Å². The first-order chi connectivity index (χ1) is 19.2. The first-order valence-corrected chi connectivity index (χ1v) is 14.1. The number of benzene rings is 2. The summed E-state index contributed by atoms with van der Waals surface area (Å²) in [6.07, 6.45) is 14.9. The molecule has 0 spiro atoms. The molecular weight excluding hydrogens is 490 g/mol. The Morgan fingerprint density at radius 2 is 1.38 bits per heavy atom. The van der Waals surface area contributed by atoms with E-state index in [1.165, 1.54) is 44.9 Å². The summed E-state index contributed by atoms with van der Waals surface area (Å²) < 4.78 is 19.3. The van der Waals surface area contributed by atoms with Crippen molar-refractivity contribution in [3.8, 4) is 0 Å². The molecule has 206 valence electrons. The molecule has 39 heavy (non-hydrogen) atoms. The minimum absolute atomic E-state index is 0.0787. The number of allylic oxidation sites excluding steroid dienone is 1. The summed E-state index contributed by atoms with van der Waals surface area (Å²) in [5.74, 6) is 0.155. The van der Waals surface area contributed by atoms with Gasteiger partial charge in [-0.3, -0.25) is 0 Å². The Labute approximate surface area is 231 Å². The summed E-state index contributed by atoms with van der Waals surface area (Å²) in [5, 5.41) is 8.57. The third-order valence-electron chi connectivity index (χ3n) is 6.61. The third kappa shape index (κ3) is 9.13. The van der Waals surface area contributed by atoms with Gasteiger partial charge in [0.2, 0.25) is 5.76 Å². The molecule has 4 rings (SSSR count). The second kappa shape index (κ2) is 15.5. The number of esters is 1. The molecule has 0 aliphatic carbocycles. The number of cyclic esters (lactones) is 1. The minimum Gasteiger partial charge on any atom is -0.481 e. The highest BCUT2D eigenvalue weighted by molar-refractivity contribution is 5.91. The van der Waals surface area contributed by atoms with Crippen LogP contribution in [0.15, 0.2) is 90.2 Å². The van der Waals surface area contributed by atoms with Crippen LogP contribution in [0.25, 0.3) is 0 Å². The number of ether oxygens (including phenoxy) is 3. The van der Waals surface area contributed by atoms with Gasteiger partial charge in [0.05, 0.1) is 12.2 Å². The largest absolute Gasteiger partial charge is 0.481 e. The van der Waals surface area contributed by atoms with E-state index in [0.717, 1.165) is 29.7 Å². The Morgan fingerprint density at radius 1 is 0.795 bits per heavy atom. The van der Waals surface area contributed by atoms with Crippen LogP contribution in [0.1, 0.15) is 75.1 Å². The predicted molar refractivity (Wildman–Crippen MR) is 150 cm³/mol. The number of carbonyl (C=O) groups is 1. The lowest BCUT2D eigenvalue weighted by Gasteiger charge is -2.10. The fraction of sp³-hybridized carbons (Fsp3) is 0.406. The first-order valence-electron chi connectivity index (χ1n) is 14.1. The third-order valence-corrected chi connectivity index (χ3v) is 6.61. The summed E-state index contributed by atoms with van der Waals surface area (Å²) in [5.41, 5.74) is 2.91. The van der Waals surface area contributed by atoms with E-state index in [9.17, 15) is 4.79 Å². The van der Waals surface area contributed by atoms with Crippen molar-refractivity contribution in [3.05, 3.63) is 107 Å². The molecule has 1 aromatic heterocycles. The summed E-state index contributed by atoms with van der Waals surface area (Å²) >= 11 is 0. The minimum atomic E-state index is -0.561. The van der Waals surface area contributed by atoms with Crippen LogP contribution in [-0.4, -0.2) is 21.0 Å². The molecule has 1 aliphatic heterocycles. The van der Waals surface area contributed by atoms with E-state index in [1.54, 1.807) is 10.8 Å². The van der Waals surface area contributed by atoms with Gasteiger partial charge in [-0.2, -0.15) is 0 Å². The molecule has 0 unspecified atom stereocenters. The second-order valence-corrected chi connectivity index (χ2v) is 9.82. The Balaban J connectivity index is 1.35. The normalized spacial score (nSPS) is 14.2. The van der Waals surface area contributed by atoms with Gasteiger partial charge in [-0.05, 0) is 30.0 Å². The van der Waals surface area contributed by atoms with Crippen LogP contribution in [0.5, 0.6) is 0 Å². The van der Waals surface area contributed by atoms with Gasteiger partial charge in [0.15, 0.2) is 5.76 Å². The van der Waals surface area contributed by atoms with Gasteiger partial charge in [-0.15, -0.1) is 5.10 Å². The molecule has 0 atom stereocenters. The highest BCUT2D eigenvalue weighted by Crippen LogP contribution is 2.30. The molecule has 0 amide bonds. The zero-order valence-corrected chi connectivity index (χ0v) is 22.9. The van der Waals surface area contributed by atoms with E-state index < -0.39 is 5.97 Å². The average molecular weight is 530 g/mol. The smallest absolute Gasteiger partial charge is 0.383 e. The summed E-state index contributed by atoms with van der Waals surface area (Å²) in [6.45, 7) is 3.17. The Morgan fingerprint density at radius 3 is 2.03 bits per heavy atom. The number of rotatable bonds is 17. The molecular formula is C32H39N3O4. The number of aromatic nitrogens is 3. The average Bonchev–Trinajstić information content (AvgIpc) is 3.55. The zero-order chi connectivity index (χ0) is 27.1. The number of nitrogens with zero attached hydrogens (tertiary/aromatic N) is 3. The maximum absolute atomic E-state index is 12.7. The van der Waals surface area contributed by atoms with E-state index in [4.69, 9.17) is 14.2 Å². The predicted octanol–water partition coefficient (Wildman–Crippen LogP) is 7.05. The van der Waals surface area contributed by atoms with Crippen LogP contribution >= 0.6 is 0 Å².